The second kappa shape index (κ2) is 7.88. The quantitative estimate of drug-likeness (QED) is 0.389. The molecule has 3 aromatic heterocycles. The van der Waals surface area contributed by atoms with Gasteiger partial charge in [0.15, 0.2) is 10.3 Å². The van der Waals surface area contributed by atoms with Crippen LogP contribution in [0, 0.1) is 0 Å². The van der Waals surface area contributed by atoms with E-state index in [0.717, 1.165) is 47.8 Å². The third kappa shape index (κ3) is 3.74. The van der Waals surface area contributed by atoms with E-state index in [1.54, 1.807) is 22.7 Å². The van der Waals surface area contributed by atoms with Crippen molar-refractivity contribution in [3.63, 3.8) is 0 Å². The number of para-hydroxylation sites is 2. The highest BCUT2D eigenvalue weighted by molar-refractivity contribution is 7.22. The van der Waals surface area contributed by atoms with Crippen molar-refractivity contribution in [2.75, 3.05) is 29.8 Å². The number of thiazole rings is 2. The fraction of sp³-hybridized carbons (Fsp3) is 0.174. The molecule has 0 spiro atoms. The van der Waals surface area contributed by atoms with Crippen molar-refractivity contribution < 1.29 is 0 Å². The van der Waals surface area contributed by atoms with E-state index in [1.807, 2.05) is 30.6 Å². The summed E-state index contributed by atoms with van der Waals surface area (Å²) in [7, 11) is 0. The number of anilines is 2. The van der Waals surface area contributed by atoms with Crippen LogP contribution in [0.25, 0.3) is 20.4 Å². The van der Waals surface area contributed by atoms with Crippen molar-refractivity contribution in [3.05, 3.63) is 78.6 Å². The van der Waals surface area contributed by atoms with Crippen LogP contribution in [0.1, 0.15) is 5.56 Å². The minimum atomic E-state index is 0.767. The van der Waals surface area contributed by atoms with Crippen molar-refractivity contribution in [2.24, 2.45) is 0 Å². The number of benzene rings is 2. The third-order valence-corrected chi connectivity index (χ3v) is 7.51. The number of fused-ring (bicyclic) bond motifs is 2. The molecule has 31 heavy (non-hydrogen) atoms. The maximum Gasteiger partial charge on any atom is 0.188 e. The fourth-order valence-corrected chi connectivity index (χ4v) is 5.81. The monoisotopic (exact) mass is 444 g/mol. The molecule has 5 aromatic rings. The van der Waals surface area contributed by atoms with Gasteiger partial charge in [-0.15, -0.1) is 0 Å². The first-order chi connectivity index (χ1) is 15.3. The molecule has 1 aliphatic heterocycles. The summed E-state index contributed by atoms with van der Waals surface area (Å²) in [5.41, 5.74) is 3.31. The van der Waals surface area contributed by atoms with Gasteiger partial charge in [0, 0.05) is 18.9 Å². The smallest absolute Gasteiger partial charge is 0.188 e. The van der Waals surface area contributed by atoms with E-state index in [1.165, 1.54) is 15.0 Å². The molecule has 0 atom stereocenters. The van der Waals surface area contributed by atoms with Gasteiger partial charge in [0.25, 0.3) is 0 Å². The average molecular weight is 445 g/mol. The SMILES string of the molecule is c1cncc(CN2CN(c3nc4ccccc4s3)CN(c3nc4ccccc4s3)C2)c1. The molecule has 4 heterocycles. The summed E-state index contributed by atoms with van der Waals surface area (Å²) in [6, 6.07) is 20.8. The van der Waals surface area contributed by atoms with Gasteiger partial charge in [-0.05, 0) is 35.9 Å². The molecular weight excluding hydrogens is 424 g/mol. The Morgan fingerprint density at radius 3 is 1.87 bits per heavy atom. The highest BCUT2D eigenvalue weighted by Crippen LogP contribution is 2.34. The lowest BCUT2D eigenvalue weighted by Gasteiger charge is -2.42. The van der Waals surface area contributed by atoms with Gasteiger partial charge in [0.05, 0.1) is 40.4 Å². The molecule has 1 fully saturated rings. The molecule has 0 bridgehead atoms. The van der Waals surface area contributed by atoms with E-state index in [4.69, 9.17) is 9.97 Å². The Morgan fingerprint density at radius 1 is 0.710 bits per heavy atom. The molecular formula is C23H20N6S2. The second-order valence-electron chi connectivity index (χ2n) is 7.62. The van der Waals surface area contributed by atoms with E-state index in [-0.39, 0.29) is 0 Å². The molecule has 6 nitrogen and oxygen atoms in total. The molecule has 0 radical (unpaired) electrons. The van der Waals surface area contributed by atoms with Gasteiger partial charge in [-0.25, -0.2) is 9.97 Å². The van der Waals surface area contributed by atoms with Gasteiger partial charge >= 0.3 is 0 Å². The summed E-state index contributed by atoms with van der Waals surface area (Å²) in [6.45, 7) is 3.23. The summed E-state index contributed by atoms with van der Waals surface area (Å²) in [6.07, 6.45) is 3.76. The van der Waals surface area contributed by atoms with E-state index in [9.17, 15) is 0 Å². The zero-order chi connectivity index (χ0) is 20.6. The maximum absolute atomic E-state index is 4.91. The van der Waals surface area contributed by atoms with Crippen molar-refractivity contribution in [1.82, 2.24) is 19.9 Å². The Morgan fingerprint density at radius 2 is 1.32 bits per heavy atom. The largest absolute Gasteiger partial charge is 0.317 e. The van der Waals surface area contributed by atoms with Gasteiger partial charge in [0.2, 0.25) is 0 Å². The third-order valence-electron chi connectivity index (χ3n) is 5.32. The van der Waals surface area contributed by atoms with Crippen LogP contribution in [-0.2, 0) is 6.54 Å². The molecule has 0 aliphatic carbocycles. The number of hydrogen-bond donors (Lipinski definition) is 0. The number of pyridine rings is 1. The van der Waals surface area contributed by atoms with Crippen molar-refractivity contribution >= 4 is 53.4 Å². The van der Waals surface area contributed by atoms with Crippen molar-refractivity contribution in [3.8, 4) is 0 Å². The molecule has 6 rings (SSSR count). The van der Waals surface area contributed by atoms with E-state index in [0.29, 0.717) is 0 Å². The number of nitrogens with zero attached hydrogens (tertiary/aromatic N) is 6. The average Bonchev–Trinajstić information content (AvgIpc) is 3.44. The first-order valence-corrected chi connectivity index (χ1v) is 11.8. The maximum atomic E-state index is 4.91. The minimum absolute atomic E-state index is 0.767. The molecule has 1 saturated heterocycles. The van der Waals surface area contributed by atoms with Crippen LogP contribution in [0.5, 0.6) is 0 Å². The molecule has 0 amide bonds. The molecule has 8 heteroatoms. The van der Waals surface area contributed by atoms with Crippen LogP contribution in [0.15, 0.2) is 73.1 Å². The Balaban J connectivity index is 1.34. The van der Waals surface area contributed by atoms with Crippen LogP contribution >= 0.6 is 22.7 Å². The molecule has 154 valence electrons. The van der Waals surface area contributed by atoms with Crippen molar-refractivity contribution in [2.45, 2.75) is 6.54 Å². The Labute approximate surface area is 188 Å². The van der Waals surface area contributed by atoms with E-state index in [2.05, 4.69) is 62.1 Å². The van der Waals surface area contributed by atoms with Crippen LogP contribution in [-0.4, -0.2) is 39.9 Å². The normalized spacial score (nSPS) is 15.2. The fourth-order valence-electron chi connectivity index (χ4n) is 3.91. The highest BCUT2D eigenvalue weighted by atomic mass is 32.1. The van der Waals surface area contributed by atoms with Crippen molar-refractivity contribution in [1.29, 1.82) is 0 Å². The van der Waals surface area contributed by atoms with Crippen LogP contribution in [0.2, 0.25) is 0 Å². The number of hydrogen-bond acceptors (Lipinski definition) is 8. The van der Waals surface area contributed by atoms with Gasteiger partial charge in [-0.2, -0.15) is 0 Å². The molecule has 0 unspecified atom stereocenters. The molecule has 2 aromatic carbocycles. The predicted octanol–water partition coefficient (Wildman–Crippen LogP) is 5.00. The highest BCUT2D eigenvalue weighted by Gasteiger charge is 2.27. The summed E-state index contributed by atoms with van der Waals surface area (Å²) >= 11 is 3.49. The Bertz CT molecular complexity index is 1180. The van der Waals surface area contributed by atoms with Gasteiger partial charge in [-0.1, -0.05) is 53.0 Å². The summed E-state index contributed by atoms with van der Waals surface area (Å²) in [5, 5.41) is 2.09. The lowest BCUT2D eigenvalue weighted by atomic mass is 10.2. The first-order valence-electron chi connectivity index (χ1n) is 10.1. The zero-order valence-electron chi connectivity index (χ0n) is 16.8. The van der Waals surface area contributed by atoms with E-state index >= 15 is 0 Å². The number of aromatic nitrogens is 3. The van der Waals surface area contributed by atoms with Gasteiger partial charge < -0.3 is 9.80 Å². The van der Waals surface area contributed by atoms with Crippen LogP contribution < -0.4 is 9.80 Å². The Hall–Kier alpha value is -3.07. The van der Waals surface area contributed by atoms with Crippen LogP contribution in [0.3, 0.4) is 0 Å². The number of rotatable bonds is 4. The summed E-state index contributed by atoms with van der Waals surface area (Å²) in [4.78, 5) is 21.2. The zero-order valence-corrected chi connectivity index (χ0v) is 18.4. The molecule has 0 saturated carbocycles. The van der Waals surface area contributed by atoms with Gasteiger partial charge in [0.1, 0.15) is 0 Å². The minimum Gasteiger partial charge on any atom is -0.317 e. The van der Waals surface area contributed by atoms with Crippen LogP contribution in [0.4, 0.5) is 10.3 Å². The summed E-state index contributed by atoms with van der Waals surface area (Å²) < 4.78 is 2.43. The lowest BCUT2D eigenvalue weighted by molar-refractivity contribution is 0.233. The second-order valence-corrected chi connectivity index (χ2v) is 9.64. The topological polar surface area (TPSA) is 48.4 Å². The summed E-state index contributed by atoms with van der Waals surface area (Å²) in [5.74, 6) is 0. The molecule has 0 N–H and O–H groups in total. The predicted molar refractivity (Wildman–Crippen MR) is 129 cm³/mol. The Kier molecular flexibility index (Phi) is 4.75. The van der Waals surface area contributed by atoms with Gasteiger partial charge in [-0.3, -0.25) is 9.88 Å². The van der Waals surface area contributed by atoms with E-state index < -0.39 is 0 Å². The first kappa shape index (κ1) is 18.7. The molecule has 1 aliphatic rings. The standard InChI is InChI=1S/C23H20N6S2/c1-3-9-20-18(7-1)25-22(30-20)28-14-27(13-17-6-5-11-24-12-17)15-29(16-28)23-26-19-8-2-4-10-21(19)31-23/h1-12H,13-16H2. The lowest BCUT2D eigenvalue weighted by Crippen LogP contribution is -2.55.